The molecule has 1 heterocycles. The molecule has 0 saturated carbocycles. The van der Waals surface area contributed by atoms with Crippen molar-refractivity contribution in [3.05, 3.63) is 18.2 Å². The van der Waals surface area contributed by atoms with Crippen LogP contribution in [0.2, 0.25) is 0 Å². The molecule has 2 atom stereocenters. The maximum absolute atomic E-state index is 12.0. The topological polar surface area (TPSA) is 81.4 Å². The largest absolute Gasteiger partial charge is 0.398 e. The predicted octanol–water partition coefficient (Wildman–Crippen LogP) is 1.84. The molecule has 0 bridgehead atoms. The van der Waals surface area contributed by atoms with E-state index in [1.165, 1.54) is 6.07 Å². The van der Waals surface area contributed by atoms with Crippen LogP contribution in [0.3, 0.4) is 0 Å². The summed E-state index contributed by atoms with van der Waals surface area (Å²) in [7, 11) is -3.45. The highest BCUT2D eigenvalue weighted by atomic mass is 32.2. The Bertz CT molecular complexity index is 575. The standard InChI is InChI=1S/C13H20N2O3S2/c1-3-15-20(16,17)10-4-5-11(14)13(8-10)19-12-6-7-18-9(12)2/h4-5,8-9,12,15H,3,6-7,14H2,1-2H3. The number of nitrogens with one attached hydrogen (secondary N) is 1. The van der Waals surface area contributed by atoms with Gasteiger partial charge >= 0.3 is 0 Å². The molecule has 1 aliphatic rings. The summed E-state index contributed by atoms with van der Waals surface area (Å²) < 4.78 is 32.0. The minimum atomic E-state index is -3.45. The fourth-order valence-corrected chi connectivity index (χ4v) is 4.44. The van der Waals surface area contributed by atoms with Gasteiger partial charge in [0.2, 0.25) is 10.0 Å². The number of nitrogen functional groups attached to an aromatic ring is 1. The maximum Gasteiger partial charge on any atom is 0.240 e. The quantitative estimate of drug-likeness (QED) is 0.810. The zero-order valence-corrected chi connectivity index (χ0v) is 13.3. The maximum atomic E-state index is 12.0. The third-order valence-electron chi connectivity index (χ3n) is 3.21. The Morgan fingerprint density at radius 2 is 2.25 bits per heavy atom. The molecule has 1 aliphatic heterocycles. The number of hydrogen-bond donors (Lipinski definition) is 2. The van der Waals surface area contributed by atoms with Crippen LogP contribution in [0, 0.1) is 0 Å². The third kappa shape index (κ3) is 3.46. The van der Waals surface area contributed by atoms with Crippen molar-refractivity contribution in [2.45, 2.75) is 41.4 Å². The number of rotatable bonds is 5. The molecule has 1 fully saturated rings. The molecule has 3 N–H and O–H groups in total. The molecule has 1 aromatic carbocycles. The molecule has 1 aromatic rings. The van der Waals surface area contributed by atoms with Crippen molar-refractivity contribution < 1.29 is 13.2 Å². The molecular weight excluding hydrogens is 296 g/mol. The minimum Gasteiger partial charge on any atom is -0.398 e. The van der Waals surface area contributed by atoms with Crippen LogP contribution in [-0.2, 0) is 14.8 Å². The summed E-state index contributed by atoms with van der Waals surface area (Å²) in [6.45, 7) is 4.89. The summed E-state index contributed by atoms with van der Waals surface area (Å²) in [6, 6.07) is 4.82. The van der Waals surface area contributed by atoms with Crippen molar-refractivity contribution in [1.29, 1.82) is 0 Å². The highest BCUT2D eigenvalue weighted by Gasteiger charge is 2.26. The monoisotopic (exact) mass is 316 g/mol. The first-order valence-corrected chi connectivity index (χ1v) is 8.97. The van der Waals surface area contributed by atoms with Gasteiger partial charge in [-0.25, -0.2) is 13.1 Å². The first-order valence-electron chi connectivity index (χ1n) is 6.61. The summed E-state index contributed by atoms with van der Waals surface area (Å²) in [4.78, 5) is 1.05. The van der Waals surface area contributed by atoms with Crippen LogP contribution in [0.25, 0.3) is 0 Å². The highest BCUT2D eigenvalue weighted by molar-refractivity contribution is 8.00. The van der Waals surface area contributed by atoms with Crippen LogP contribution in [0.4, 0.5) is 5.69 Å². The van der Waals surface area contributed by atoms with Gasteiger partial charge in [-0.15, -0.1) is 11.8 Å². The molecule has 0 aromatic heterocycles. The van der Waals surface area contributed by atoms with Crippen molar-refractivity contribution >= 4 is 27.5 Å². The zero-order valence-electron chi connectivity index (χ0n) is 11.6. The van der Waals surface area contributed by atoms with Crippen molar-refractivity contribution in [2.75, 3.05) is 18.9 Å². The lowest BCUT2D eigenvalue weighted by molar-refractivity contribution is 0.127. The molecule has 2 rings (SSSR count). The molecule has 5 nitrogen and oxygen atoms in total. The average molecular weight is 316 g/mol. The van der Waals surface area contributed by atoms with E-state index in [4.69, 9.17) is 10.5 Å². The van der Waals surface area contributed by atoms with Gasteiger partial charge in [0.05, 0.1) is 11.0 Å². The van der Waals surface area contributed by atoms with E-state index in [0.29, 0.717) is 17.5 Å². The van der Waals surface area contributed by atoms with E-state index in [-0.39, 0.29) is 11.0 Å². The number of hydrogen-bond acceptors (Lipinski definition) is 5. The van der Waals surface area contributed by atoms with E-state index in [1.807, 2.05) is 6.92 Å². The van der Waals surface area contributed by atoms with Crippen molar-refractivity contribution in [3.63, 3.8) is 0 Å². The van der Waals surface area contributed by atoms with Gasteiger partial charge in [-0.2, -0.15) is 0 Å². The second-order valence-electron chi connectivity index (χ2n) is 4.72. The van der Waals surface area contributed by atoms with Crippen LogP contribution in [0.5, 0.6) is 0 Å². The van der Waals surface area contributed by atoms with E-state index in [2.05, 4.69) is 4.72 Å². The number of nitrogens with two attached hydrogens (primary N) is 1. The van der Waals surface area contributed by atoms with Crippen molar-refractivity contribution in [3.8, 4) is 0 Å². The number of sulfonamides is 1. The smallest absolute Gasteiger partial charge is 0.240 e. The van der Waals surface area contributed by atoms with Crippen LogP contribution < -0.4 is 10.5 Å². The Kier molecular flexibility index (Phi) is 4.95. The van der Waals surface area contributed by atoms with Gasteiger partial charge in [-0.05, 0) is 31.5 Å². The van der Waals surface area contributed by atoms with Gasteiger partial charge < -0.3 is 10.5 Å². The number of anilines is 1. The molecule has 0 aliphatic carbocycles. The lowest BCUT2D eigenvalue weighted by Crippen LogP contribution is -2.23. The molecular formula is C13H20N2O3S2. The van der Waals surface area contributed by atoms with Crippen LogP contribution >= 0.6 is 11.8 Å². The Balaban J connectivity index is 2.25. The van der Waals surface area contributed by atoms with Crippen molar-refractivity contribution in [2.24, 2.45) is 0 Å². The molecule has 7 heteroatoms. The average Bonchev–Trinajstić information content (AvgIpc) is 2.77. The normalized spacial score (nSPS) is 23.1. The SMILES string of the molecule is CCNS(=O)(=O)c1ccc(N)c(SC2CCOC2C)c1. The minimum absolute atomic E-state index is 0.161. The summed E-state index contributed by atoms with van der Waals surface area (Å²) in [5.74, 6) is 0. The summed E-state index contributed by atoms with van der Waals surface area (Å²) >= 11 is 1.59. The van der Waals surface area contributed by atoms with Gasteiger partial charge in [-0.1, -0.05) is 6.92 Å². The van der Waals surface area contributed by atoms with E-state index in [1.54, 1.807) is 30.8 Å². The second kappa shape index (κ2) is 6.34. The van der Waals surface area contributed by atoms with Crippen LogP contribution in [0.1, 0.15) is 20.3 Å². The molecule has 1 saturated heterocycles. The number of ether oxygens (including phenoxy) is 1. The van der Waals surface area contributed by atoms with E-state index < -0.39 is 10.0 Å². The van der Waals surface area contributed by atoms with Gasteiger partial charge in [0.15, 0.2) is 0 Å². The molecule has 2 unspecified atom stereocenters. The van der Waals surface area contributed by atoms with Gasteiger partial charge in [0, 0.05) is 29.0 Å². The fourth-order valence-electron chi connectivity index (χ4n) is 2.09. The molecule has 0 amide bonds. The summed E-state index contributed by atoms with van der Waals surface area (Å²) in [6.07, 6.45) is 1.11. The lowest BCUT2D eigenvalue weighted by Gasteiger charge is -2.15. The molecule has 20 heavy (non-hydrogen) atoms. The Morgan fingerprint density at radius 1 is 1.50 bits per heavy atom. The summed E-state index contributed by atoms with van der Waals surface area (Å²) in [5.41, 5.74) is 6.55. The summed E-state index contributed by atoms with van der Waals surface area (Å²) in [5, 5.41) is 0.314. The van der Waals surface area contributed by atoms with E-state index in [9.17, 15) is 8.42 Å². The van der Waals surface area contributed by atoms with Crippen LogP contribution in [-0.4, -0.2) is 32.9 Å². The second-order valence-corrected chi connectivity index (χ2v) is 7.77. The molecule has 112 valence electrons. The molecule has 0 spiro atoms. The first kappa shape index (κ1) is 15.6. The Labute approximate surface area is 124 Å². The van der Waals surface area contributed by atoms with Crippen molar-refractivity contribution in [1.82, 2.24) is 4.72 Å². The Hall–Kier alpha value is -0.760. The lowest BCUT2D eigenvalue weighted by atomic mass is 10.3. The predicted molar refractivity (Wildman–Crippen MR) is 81.4 cm³/mol. The molecule has 0 radical (unpaired) electrons. The van der Waals surface area contributed by atoms with Gasteiger partial charge in [-0.3, -0.25) is 0 Å². The highest BCUT2D eigenvalue weighted by Crippen LogP contribution is 2.36. The third-order valence-corrected chi connectivity index (χ3v) is 6.29. The zero-order chi connectivity index (χ0) is 14.8. The number of thioether (sulfide) groups is 1. The first-order chi connectivity index (χ1) is 9.44. The van der Waals surface area contributed by atoms with E-state index >= 15 is 0 Å². The van der Waals surface area contributed by atoms with Gasteiger partial charge in [0.25, 0.3) is 0 Å². The number of benzene rings is 1. The van der Waals surface area contributed by atoms with Crippen LogP contribution in [0.15, 0.2) is 28.0 Å². The Morgan fingerprint density at radius 3 is 2.85 bits per heavy atom. The van der Waals surface area contributed by atoms with Gasteiger partial charge in [0.1, 0.15) is 0 Å². The fraction of sp³-hybridized carbons (Fsp3) is 0.538. The van der Waals surface area contributed by atoms with E-state index in [0.717, 1.165) is 17.9 Å².